The maximum Gasteiger partial charge on any atom is 0.251 e. The zero-order valence-corrected chi connectivity index (χ0v) is 16.7. The molecule has 0 atom stereocenters. The molecule has 0 aliphatic carbocycles. The Morgan fingerprint density at radius 2 is 1.85 bits per heavy atom. The van der Waals surface area contributed by atoms with Gasteiger partial charge in [-0.2, -0.15) is 0 Å². The number of rotatable bonds is 8. The van der Waals surface area contributed by atoms with Gasteiger partial charge in [-0.25, -0.2) is 0 Å². The third-order valence-corrected chi connectivity index (χ3v) is 5.53. The predicted octanol–water partition coefficient (Wildman–Crippen LogP) is 4.10. The van der Waals surface area contributed by atoms with Gasteiger partial charge < -0.3 is 16.0 Å². The largest absolute Gasteiger partial charge is 0.366 e. The second-order valence-corrected chi connectivity index (χ2v) is 7.36. The first-order chi connectivity index (χ1) is 12.4. The summed E-state index contributed by atoms with van der Waals surface area (Å²) in [6, 6.07) is 8.17. The lowest BCUT2D eigenvalue weighted by molar-refractivity contribution is -0.115. The minimum atomic E-state index is -0.535. The third-order valence-electron chi connectivity index (χ3n) is 4.70. The van der Waals surface area contributed by atoms with Crippen molar-refractivity contribution in [3.05, 3.63) is 46.3 Å². The summed E-state index contributed by atoms with van der Waals surface area (Å²) >= 11 is 1.30. The highest BCUT2D eigenvalue weighted by Gasteiger charge is 2.21. The first-order valence-electron chi connectivity index (χ1n) is 8.88. The van der Waals surface area contributed by atoms with E-state index in [9.17, 15) is 9.59 Å². The van der Waals surface area contributed by atoms with Crippen LogP contribution in [0.5, 0.6) is 0 Å². The summed E-state index contributed by atoms with van der Waals surface area (Å²) in [6.07, 6.45) is 1.89. The summed E-state index contributed by atoms with van der Waals surface area (Å²) in [5.74, 6) is -0.687. The van der Waals surface area contributed by atoms with Gasteiger partial charge in [-0.1, -0.05) is 19.9 Å². The molecule has 0 unspecified atom stereocenters. The van der Waals surface area contributed by atoms with Crippen LogP contribution in [0.2, 0.25) is 0 Å². The van der Waals surface area contributed by atoms with Crippen LogP contribution in [0.4, 0.5) is 10.7 Å². The van der Waals surface area contributed by atoms with Gasteiger partial charge in [0.05, 0.1) is 12.1 Å². The van der Waals surface area contributed by atoms with Crippen LogP contribution >= 0.6 is 11.3 Å². The number of primary amides is 1. The minimum absolute atomic E-state index is 0.153. The molecule has 1 aromatic carbocycles. The standard InChI is InChI=1S/C20H27N3O2S/c1-5-15(6-2)23(16-8-7-13(3)14(4)11-16)12-18(24)22-20-17(19(21)25)9-10-26-20/h7-11,15H,5-6,12H2,1-4H3,(H2,21,25)(H,22,24). The van der Waals surface area contributed by atoms with Crippen molar-refractivity contribution in [2.45, 2.75) is 46.6 Å². The van der Waals surface area contributed by atoms with E-state index in [-0.39, 0.29) is 18.5 Å². The molecule has 140 valence electrons. The van der Waals surface area contributed by atoms with Gasteiger partial charge >= 0.3 is 0 Å². The molecule has 0 aliphatic heterocycles. The second-order valence-electron chi connectivity index (χ2n) is 6.44. The molecule has 0 saturated heterocycles. The smallest absolute Gasteiger partial charge is 0.251 e. The SMILES string of the molecule is CCC(CC)N(CC(=O)Nc1sccc1C(N)=O)c1ccc(C)c(C)c1. The number of nitrogens with zero attached hydrogens (tertiary/aromatic N) is 1. The zero-order chi connectivity index (χ0) is 19.3. The van der Waals surface area contributed by atoms with Crippen LogP contribution in [-0.4, -0.2) is 24.4 Å². The van der Waals surface area contributed by atoms with Crippen LogP contribution in [0, 0.1) is 13.8 Å². The van der Waals surface area contributed by atoms with Crippen LogP contribution in [0.25, 0.3) is 0 Å². The summed E-state index contributed by atoms with van der Waals surface area (Å²) in [5, 5.41) is 5.09. The average Bonchev–Trinajstić information content (AvgIpc) is 3.06. The molecule has 5 nitrogen and oxygen atoms in total. The zero-order valence-electron chi connectivity index (χ0n) is 15.8. The number of carbonyl (C=O) groups excluding carboxylic acids is 2. The van der Waals surface area contributed by atoms with Crippen molar-refractivity contribution in [3.63, 3.8) is 0 Å². The number of hydrogen-bond acceptors (Lipinski definition) is 4. The van der Waals surface area contributed by atoms with Crippen molar-refractivity contribution in [2.24, 2.45) is 5.73 Å². The van der Waals surface area contributed by atoms with Crippen LogP contribution < -0.4 is 16.0 Å². The number of benzene rings is 1. The van der Waals surface area contributed by atoms with Gasteiger partial charge in [0.25, 0.3) is 5.91 Å². The molecular weight excluding hydrogens is 346 g/mol. The monoisotopic (exact) mass is 373 g/mol. The molecule has 2 rings (SSSR count). The number of thiophene rings is 1. The molecule has 2 aromatic rings. The number of amides is 2. The fourth-order valence-electron chi connectivity index (χ4n) is 2.99. The number of carbonyl (C=O) groups is 2. The van der Waals surface area contributed by atoms with Gasteiger partial charge in [0.1, 0.15) is 5.00 Å². The maximum absolute atomic E-state index is 12.7. The maximum atomic E-state index is 12.7. The molecule has 6 heteroatoms. The Bertz CT molecular complexity index is 781. The topological polar surface area (TPSA) is 75.4 Å². The molecule has 0 saturated carbocycles. The van der Waals surface area contributed by atoms with Crippen LogP contribution in [-0.2, 0) is 4.79 Å². The van der Waals surface area contributed by atoms with Crippen molar-refractivity contribution < 1.29 is 9.59 Å². The number of aryl methyl sites for hydroxylation is 2. The average molecular weight is 374 g/mol. The summed E-state index contributed by atoms with van der Waals surface area (Å²) in [4.78, 5) is 26.2. The highest BCUT2D eigenvalue weighted by Crippen LogP contribution is 2.25. The van der Waals surface area contributed by atoms with Gasteiger partial charge in [0, 0.05) is 11.7 Å². The van der Waals surface area contributed by atoms with E-state index in [2.05, 4.69) is 56.1 Å². The van der Waals surface area contributed by atoms with Gasteiger partial charge in [0.15, 0.2) is 0 Å². The molecule has 1 aromatic heterocycles. The van der Waals surface area contributed by atoms with E-state index in [1.54, 1.807) is 11.4 Å². The van der Waals surface area contributed by atoms with Crippen molar-refractivity contribution in [3.8, 4) is 0 Å². The Balaban J connectivity index is 2.23. The number of nitrogens with one attached hydrogen (secondary N) is 1. The van der Waals surface area contributed by atoms with E-state index in [1.807, 2.05) is 0 Å². The normalized spacial score (nSPS) is 10.8. The Hall–Kier alpha value is -2.34. The fraction of sp³-hybridized carbons (Fsp3) is 0.400. The van der Waals surface area contributed by atoms with Gasteiger partial charge in [-0.3, -0.25) is 9.59 Å². The fourth-order valence-corrected chi connectivity index (χ4v) is 3.79. The van der Waals surface area contributed by atoms with Crippen LogP contribution in [0.15, 0.2) is 29.6 Å². The van der Waals surface area contributed by atoms with E-state index < -0.39 is 5.91 Å². The third kappa shape index (κ3) is 4.64. The summed E-state index contributed by atoms with van der Waals surface area (Å²) in [6.45, 7) is 8.64. The Kier molecular flexibility index (Phi) is 6.80. The first-order valence-corrected chi connectivity index (χ1v) is 9.76. The van der Waals surface area contributed by atoms with Crippen molar-refractivity contribution in [2.75, 3.05) is 16.8 Å². The highest BCUT2D eigenvalue weighted by atomic mass is 32.1. The van der Waals surface area contributed by atoms with E-state index in [0.29, 0.717) is 10.6 Å². The van der Waals surface area contributed by atoms with E-state index in [1.165, 1.54) is 22.5 Å². The Morgan fingerprint density at radius 3 is 2.42 bits per heavy atom. The molecule has 2 amide bonds. The molecule has 3 N–H and O–H groups in total. The van der Waals surface area contributed by atoms with Crippen LogP contribution in [0.3, 0.4) is 0 Å². The van der Waals surface area contributed by atoms with Gasteiger partial charge in [-0.15, -0.1) is 11.3 Å². The molecule has 0 spiro atoms. The van der Waals surface area contributed by atoms with Crippen molar-refractivity contribution in [1.29, 1.82) is 0 Å². The van der Waals surface area contributed by atoms with Gasteiger partial charge in [-0.05, 0) is 61.4 Å². The van der Waals surface area contributed by atoms with Gasteiger partial charge in [0.2, 0.25) is 5.91 Å². The number of nitrogens with two attached hydrogens (primary N) is 1. The summed E-state index contributed by atoms with van der Waals surface area (Å²) in [7, 11) is 0. The first kappa shape index (κ1) is 20.0. The Morgan fingerprint density at radius 1 is 1.15 bits per heavy atom. The molecule has 0 radical (unpaired) electrons. The van der Waals surface area contributed by atoms with Crippen LogP contribution in [0.1, 0.15) is 48.2 Å². The minimum Gasteiger partial charge on any atom is -0.366 e. The molecule has 0 bridgehead atoms. The van der Waals surface area contributed by atoms with E-state index in [4.69, 9.17) is 5.73 Å². The van der Waals surface area contributed by atoms with E-state index >= 15 is 0 Å². The van der Waals surface area contributed by atoms with Crippen molar-refractivity contribution >= 4 is 33.8 Å². The number of anilines is 2. The summed E-state index contributed by atoms with van der Waals surface area (Å²) in [5.41, 5.74) is 9.18. The predicted molar refractivity (Wildman–Crippen MR) is 109 cm³/mol. The van der Waals surface area contributed by atoms with E-state index in [0.717, 1.165) is 18.5 Å². The highest BCUT2D eigenvalue weighted by molar-refractivity contribution is 7.14. The lowest BCUT2D eigenvalue weighted by Crippen LogP contribution is -2.40. The quantitative estimate of drug-likeness (QED) is 0.731. The lowest BCUT2D eigenvalue weighted by Gasteiger charge is -2.32. The molecule has 1 heterocycles. The summed E-state index contributed by atoms with van der Waals surface area (Å²) < 4.78 is 0. The van der Waals surface area contributed by atoms with Crippen molar-refractivity contribution in [1.82, 2.24) is 0 Å². The number of hydrogen-bond donors (Lipinski definition) is 2. The molecule has 0 fully saturated rings. The Labute approximate surface area is 159 Å². The molecular formula is C20H27N3O2S. The second kappa shape index (κ2) is 8.85. The molecule has 0 aliphatic rings. The lowest BCUT2D eigenvalue weighted by atomic mass is 10.1. The molecule has 26 heavy (non-hydrogen) atoms.